The summed E-state index contributed by atoms with van der Waals surface area (Å²) < 4.78 is 10.3. The fourth-order valence-corrected chi connectivity index (χ4v) is 2.39. The Bertz CT molecular complexity index is 501. The molecule has 2 heterocycles. The summed E-state index contributed by atoms with van der Waals surface area (Å²) in [5.41, 5.74) is 0. The number of rotatable bonds is 7. The highest BCUT2D eigenvalue weighted by atomic mass is 32.1. The third-order valence-corrected chi connectivity index (χ3v) is 3.32. The van der Waals surface area contributed by atoms with E-state index in [-0.39, 0.29) is 0 Å². The lowest BCUT2D eigenvalue weighted by molar-refractivity contribution is 0.0717. The number of hydrogen-bond acceptors (Lipinski definition) is 6. The van der Waals surface area contributed by atoms with Gasteiger partial charge in [-0.2, -0.15) is 0 Å². The summed E-state index contributed by atoms with van der Waals surface area (Å²) >= 11 is 1.63. The Hall–Kier alpha value is -1.24. The van der Waals surface area contributed by atoms with Gasteiger partial charge in [-0.3, -0.25) is 0 Å². The first-order chi connectivity index (χ1) is 8.85. The normalized spacial score (nSPS) is 11.0. The van der Waals surface area contributed by atoms with E-state index in [9.17, 15) is 0 Å². The van der Waals surface area contributed by atoms with Crippen molar-refractivity contribution in [2.75, 3.05) is 39.3 Å². The molecule has 0 spiro atoms. The van der Waals surface area contributed by atoms with Gasteiger partial charge in [-0.25, -0.2) is 9.97 Å². The molecule has 0 bridgehead atoms. The molecule has 0 aliphatic heterocycles. The molecule has 18 heavy (non-hydrogen) atoms. The summed E-state index contributed by atoms with van der Waals surface area (Å²) in [7, 11) is 3.54. The summed E-state index contributed by atoms with van der Waals surface area (Å²) in [5.74, 6) is 1.69. The minimum Gasteiger partial charge on any atom is -0.382 e. The van der Waals surface area contributed by atoms with Crippen molar-refractivity contribution in [3.8, 4) is 0 Å². The minimum atomic E-state index is 0.608. The van der Waals surface area contributed by atoms with Crippen molar-refractivity contribution in [2.45, 2.75) is 6.42 Å². The molecule has 0 atom stereocenters. The number of ether oxygens (including phenoxy) is 2. The lowest BCUT2D eigenvalue weighted by atomic mass is 10.3. The summed E-state index contributed by atoms with van der Waals surface area (Å²) in [5, 5.41) is 6.20. The Balaban J connectivity index is 2.00. The van der Waals surface area contributed by atoms with Crippen molar-refractivity contribution in [1.29, 1.82) is 0 Å². The van der Waals surface area contributed by atoms with Gasteiger partial charge in [0, 0.05) is 20.6 Å². The van der Waals surface area contributed by atoms with E-state index in [1.807, 2.05) is 18.5 Å². The second-order valence-electron chi connectivity index (χ2n) is 3.73. The molecular weight excluding hydrogens is 250 g/mol. The largest absolute Gasteiger partial charge is 0.382 e. The minimum absolute atomic E-state index is 0.608. The van der Waals surface area contributed by atoms with Gasteiger partial charge in [0.1, 0.15) is 16.5 Å². The molecule has 0 aromatic carbocycles. The Labute approximate surface area is 110 Å². The summed E-state index contributed by atoms with van der Waals surface area (Å²) in [6.07, 6.45) is 0.715. The molecule has 0 aliphatic rings. The van der Waals surface area contributed by atoms with Crippen LogP contribution >= 0.6 is 11.3 Å². The summed E-state index contributed by atoms with van der Waals surface area (Å²) in [4.78, 5) is 10.0. The second kappa shape index (κ2) is 6.63. The molecule has 0 aliphatic carbocycles. The first-order valence-electron chi connectivity index (χ1n) is 5.83. The molecule has 0 fully saturated rings. The molecule has 0 radical (unpaired) electrons. The molecule has 1 N–H and O–H groups in total. The maximum absolute atomic E-state index is 5.42. The van der Waals surface area contributed by atoms with Gasteiger partial charge in [0.25, 0.3) is 0 Å². The van der Waals surface area contributed by atoms with Crippen LogP contribution in [0.1, 0.15) is 5.82 Å². The molecule has 0 unspecified atom stereocenters. The number of thiophene rings is 1. The predicted octanol–water partition coefficient (Wildman–Crippen LogP) is 1.94. The Kier molecular flexibility index (Phi) is 4.86. The Morgan fingerprint density at radius 2 is 2.17 bits per heavy atom. The lowest BCUT2D eigenvalue weighted by Crippen LogP contribution is -2.08. The molecule has 5 nitrogen and oxygen atoms in total. The van der Waals surface area contributed by atoms with Crippen LogP contribution in [0, 0.1) is 0 Å². The monoisotopic (exact) mass is 267 g/mol. The third kappa shape index (κ3) is 3.16. The standard InChI is InChI=1S/C12H17N3O2S/c1-13-11-9-4-8-18-12(9)15-10(14-11)3-5-17-7-6-16-2/h4,8H,3,5-7H2,1-2H3,(H,13,14,15). The molecule has 2 rings (SSSR count). The lowest BCUT2D eigenvalue weighted by Gasteiger charge is -2.06. The molecule has 2 aromatic heterocycles. The number of nitrogens with one attached hydrogen (secondary N) is 1. The highest BCUT2D eigenvalue weighted by molar-refractivity contribution is 7.16. The van der Waals surface area contributed by atoms with Crippen molar-refractivity contribution in [3.63, 3.8) is 0 Å². The number of fused-ring (bicyclic) bond motifs is 1. The molecule has 0 saturated carbocycles. The molecule has 0 amide bonds. The van der Waals surface area contributed by atoms with Crippen molar-refractivity contribution in [1.82, 2.24) is 9.97 Å². The SMILES string of the molecule is CNc1nc(CCOCCOC)nc2sccc12. The Morgan fingerprint density at radius 1 is 1.28 bits per heavy atom. The van der Waals surface area contributed by atoms with E-state index in [4.69, 9.17) is 9.47 Å². The Morgan fingerprint density at radius 3 is 2.94 bits per heavy atom. The highest BCUT2D eigenvalue weighted by Gasteiger charge is 2.07. The van der Waals surface area contributed by atoms with Gasteiger partial charge in [0.15, 0.2) is 0 Å². The summed E-state index contributed by atoms with van der Waals surface area (Å²) in [6.45, 7) is 1.84. The average Bonchev–Trinajstić information content (AvgIpc) is 2.85. The zero-order valence-corrected chi connectivity index (χ0v) is 11.4. The van der Waals surface area contributed by atoms with Crippen molar-refractivity contribution in [3.05, 3.63) is 17.3 Å². The molecule has 98 valence electrons. The number of anilines is 1. The zero-order chi connectivity index (χ0) is 12.8. The maximum atomic E-state index is 5.42. The van der Waals surface area contributed by atoms with E-state index in [1.165, 1.54) is 0 Å². The van der Waals surface area contributed by atoms with Crippen molar-refractivity contribution in [2.24, 2.45) is 0 Å². The number of nitrogens with zero attached hydrogens (tertiary/aromatic N) is 2. The second-order valence-corrected chi connectivity index (χ2v) is 4.63. The van der Waals surface area contributed by atoms with Crippen LogP contribution in [0.5, 0.6) is 0 Å². The average molecular weight is 267 g/mol. The molecule has 0 saturated heterocycles. The van der Waals surface area contributed by atoms with E-state index in [1.54, 1.807) is 18.4 Å². The smallest absolute Gasteiger partial charge is 0.138 e. The van der Waals surface area contributed by atoms with Crippen LogP contribution in [-0.4, -0.2) is 43.9 Å². The van der Waals surface area contributed by atoms with Gasteiger partial charge < -0.3 is 14.8 Å². The van der Waals surface area contributed by atoms with E-state index in [0.717, 1.165) is 21.9 Å². The van der Waals surface area contributed by atoms with Crippen LogP contribution in [0.25, 0.3) is 10.2 Å². The topological polar surface area (TPSA) is 56.3 Å². The van der Waals surface area contributed by atoms with Gasteiger partial charge in [0.2, 0.25) is 0 Å². The molecular formula is C12H17N3O2S. The van der Waals surface area contributed by atoms with E-state index in [2.05, 4.69) is 15.3 Å². The maximum Gasteiger partial charge on any atom is 0.138 e. The molecule has 2 aromatic rings. The van der Waals surface area contributed by atoms with E-state index >= 15 is 0 Å². The van der Waals surface area contributed by atoms with Gasteiger partial charge in [-0.1, -0.05) is 0 Å². The first-order valence-corrected chi connectivity index (χ1v) is 6.71. The fourth-order valence-electron chi connectivity index (χ4n) is 1.61. The third-order valence-electron chi connectivity index (χ3n) is 2.51. The van der Waals surface area contributed by atoms with Crippen LogP contribution in [0.2, 0.25) is 0 Å². The van der Waals surface area contributed by atoms with Crippen LogP contribution in [0.15, 0.2) is 11.4 Å². The fraction of sp³-hybridized carbons (Fsp3) is 0.500. The number of methoxy groups -OCH3 is 1. The predicted molar refractivity (Wildman–Crippen MR) is 73.4 cm³/mol. The van der Waals surface area contributed by atoms with Crippen molar-refractivity contribution >= 4 is 27.4 Å². The molecule has 6 heteroatoms. The first kappa shape index (κ1) is 13.2. The zero-order valence-electron chi connectivity index (χ0n) is 10.6. The quantitative estimate of drug-likeness (QED) is 0.777. The van der Waals surface area contributed by atoms with E-state index < -0.39 is 0 Å². The van der Waals surface area contributed by atoms with Crippen LogP contribution < -0.4 is 5.32 Å². The number of aromatic nitrogens is 2. The van der Waals surface area contributed by atoms with Crippen LogP contribution in [-0.2, 0) is 15.9 Å². The summed E-state index contributed by atoms with van der Waals surface area (Å²) in [6, 6.07) is 2.03. The van der Waals surface area contributed by atoms with E-state index in [0.29, 0.717) is 26.2 Å². The highest BCUT2D eigenvalue weighted by Crippen LogP contribution is 2.24. The van der Waals surface area contributed by atoms with Gasteiger partial charge in [-0.05, 0) is 11.4 Å². The van der Waals surface area contributed by atoms with Crippen molar-refractivity contribution < 1.29 is 9.47 Å². The van der Waals surface area contributed by atoms with Gasteiger partial charge in [-0.15, -0.1) is 11.3 Å². The van der Waals surface area contributed by atoms with Gasteiger partial charge in [0.05, 0.1) is 25.2 Å². The van der Waals surface area contributed by atoms with Crippen LogP contribution in [0.3, 0.4) is 0 Å². The van der Waals surface area contributed by atoms with Crippen LogP contribution in [0.4, 0.5) is 5.82 Å². The van der Waals surface area contributed by atoms with Gasteiger partial charge >= 0.3 is 0 Å². The number of hydrogen-bond donors (Lipinski definition) is 1.